The van der Waals surface area contributed by atoms with E-state index in [0.29, 0.717) is 11.5 Å². The fourth-order valence-corrected chi connectivity index (χ4v) is 3.12. The summed E-state index contributed by atoms with van der Waals surface area (Å²) in [7, 11) is 3.28. The molecule has 1 aliphatic carbocycles. The highest BCUT2D eigenvalue weighted by molar-refractivity contribution is 6.05. The molecule has 1 aromatic carbocycles. The van der Waals surface area contributed by atoms with Crippen molar-refractivity contribution in [3.63, 3.8) is 0 Å². The second-order valence-electron chi connectivity index (χ2n) is 6.64. The van der Waals surface area contributed by atoms with Crippen molar-refractivity contribution in [2.24, 2.45) is 5.92 Å². The Bertz CT molecular complexity index is 799. The highest BCUT2D eigenvalue weighted by atomic mass is 16.5. The van der Waals surface area contributed by atoms with Crippen LogP contribution in [0.5, 0.6) is 0 Å². The SMILES string of the molecule is C[C@@H]1CCc2nc3ccccc3c(C(=O)OCC(=O)N(C)C)c2C1. The molecule has 0 saturated heterocycles. The zero-order chi connectivity index (χ0) is 17.3. The highest BCUT2D eigenvalue weighted by Gasteiger charge is 2.26. The molecule has 0 fully saturated rings. The fraction of sp³-hybridized carbons (Fsp3) is 0.421. The third-order valence-corrected chi connectivity index (χ3v) is 4.54. The number of hydrogen-bond acceptors (Lipinski definition) is 4. The van der Waals surface area contributed by atoms with Gasteiger partial charge in [-0.1, -0.05) is 25.1 Å². The van der Waals surface area contributed by atoms with E-state index < -0.39 is 5.97 Å². The summed E-state index contributed by atoms with van der Waals surface area (Å²) in [5.41, 5.74) is 3.35. The van der Waals surface area contributed by atoms with Crippen LogP contribution in [0.25, 0.3) is 10.9 Å². The lowest BCUT2D eigenvalue weighted by Crippen LogP contribution is -2.28. The van der Waals surface area contributed by atoms with E-state index in [1.807, 2.05) is 24.3 Å². The van der Waals surface area contributed by atoms with Crippen LogP contribution < -0.4 is 0 Å². The number of amides is 1. The number of likely N-dealkylation sites (N-methyl/N-ethyl adjacent to an activating group) is 1. The summed E-state index contributed by atoms with van der Waals surface area (Å²) in [6.45, 7) is 1.94. The van der Waals surface area contributed by atoms with Crippen molar-refractivity contribution in [2.75, 3.05) is 20.7 Å². The van der Waals surface area contributed by atoms with E-state index in [1.165, 1.54) is 4.90 Å². The van der Waals surface area contributed by atoms with Gasteiger partial charge in [0.05, 0.1) is 11.1 Å². The Morgan fingerprint density at radius 1 is 1.29 bits per heavy atom. The number of esters is 1. The summed E-state index contributed by atoms with van der Waals surface area (Å²) in [5, 5.41) is 0.799. The Balaban J connectivity index is 2.03. The van der Waals surface area contributed by atoms with Gasteiger partial charge in [0.1, 0.15) is 0 Å². The molecule has 1 atom stereocenters. The van der Waals surface area contributed by atoms with Gasteiger partial charge in [0.25, 0.3) is 5.91 Å². The molecule has 0 radical (unpaired) electrons. The van der Waals surface area contributed by atoms with Crippen molar-refractivity contribution in [1.29, 1.82) is 0 Å². The van der Waals surface area contributed by atoms with Gasteiger partial charge < -0.3 is 9.64 Å². The van der Waals surface area contributed by atoms with Crippen LogP contribution in [0.1, 0.15) is 35.0 Å². The molecule has 126 valence electrons. The van der Waals surface area contributed by atoms with Crippen LogP contribution >= 0.6 is 0 Å². The third kappa shape index (κ3) is 3.11. The lowest BCUT2D eigenvalue weighted by Gasteiger charge is -2.24. The summed E-state index contributed by atoms with van der Waals surface area (Å²) in [5.74, 6) is -0.159. The molecule has 1 amide bonds. The predicted octanol–water partition coefficient (Wildman–Crippen LogP) is 2.60. The van der Waals surface area contributed by atoms with Gasteiger partial charge in [-0.2, -0.15) is 0 Å². The molecule has 0 bridgehead atoms. The molecule has 3 rings (SSSR count). The number of hydrogen-bond donors (Lipinski definition) is 0. The van der Waals surface area contributed by atoms with Crippen molar-refractivity contribution in [2.45, 2.75) is 26.2 Å². The quantitative estimate of drug-likeness (QED) is 0.814. The number of pyridine rings is 1. The Labute approximate surface area is 141 Å². The lowest BCUT2D eigenvalue weighted by molar-refractivity contribution is -0.131. The van der Waals surface area contributed by atoms with Gasteiger partial charge in [0.15, 0.2) is 6.61 Å². The Kier molecular flexibility index (Phi) is 4.51. The molecule has 24 heavy (non-hydrogen) atoms. The molecule has 1 aromatic heterocycles. The van der Waals surface area contributed by atoms with E-state index in [9.17, 15) is 9.59 Å². The smallest absolute Gasteiger partial charge is 0.339 e. The van der Waals surface area contributed by atoms with Crippen LogP contribution in [0, 0.1) is 5.92 Å². The molecule has 0 N–H and O–H groups in total. The molecular formula is C19H22N2O3. The van der Waals surface area contributed by atoms with Gasteiger partial charge in [-0.05, 0) is 36.8 Å². The standard InChI is InChI=1S/C19H22N2O3/c1-12-8-9-16-14(10-12)18(13-6-4-5-7-15(13)20-16)19(23)24-11-17(22)21(2)3/h4-7,12H,8-11H2,1-3H3/t12-/m1/s1. The number of carbonyl (C=O) groups is 2. The maximum atomic E-state index is 12.7. The number of benzene rings is 1. The Morgan fingerprint density at radius 3 is 2.79 bits per heavy atom. The number of fused-ring (bicyclic) bond motifs is 2. The minimum Gasteiger partial charge on any atom is -0.452 e. The van der Waals surface area contributed by atoms with Gasteiger partial charge in [-0.25, -0.2) is 4.79 Å². The first kappa shape index (κ1) is 16.4. The van der Waals surface area contributed by atoms with Crippen molar-refractivity contribution < 1.29 is 14.3 Å². The van der Waals surface area contributed by atoms with Gasteiger partial charge in [-0.15, -0.1) is 0 Å². The monoisotopic (exact) mass is 326 g/mol. The molecule has 1 aliphatic rings. The normalized spacial score (nSPS) is 16.5. The van der Waals surface area contributed by atoms with Crippen molar-refractivity contribution in [1.82, 2.24) is 9.88 Å². The molecule has 2 aromatic rings. The van der Waals surface area contributed by atoms with E-state index in [0.717, 1.165) is 41.4 Å². The van der Waals surface area contributed by atoms with E-state index >= 15 is 0 Å². The van der Waals surface area contributed by atoms with E-state index in [4.69, 9.17) is 9.72 Å². The Hall–Kier alpha value is -2.43. The van der Waals surface area contributed by atoms with Crippen LogP contribution in [-0.4, -0.2) is 42.5 Å². The van der Waals surface area contributed by atoms with Gasteiger partial charge in [0.2, 0.25) is 0 Å². The number of aromatic nitrogens is 1. The zero-order valence-electron chi connectivity index (χ0n) is 14.3. The fourth-order valence-electron chi connectivity index (χ4n) is 3.12. The average molecular weight is 326 g/mol. The van der Waals surface area contributed by atoms with E-state index in [-0.39, 0.29) is 12.5 Å². The predicted molar refractivity (Wildman–Crippen MR) is 91.9 cm³/mol. The van der Waals surface area contributed by atoms with Crippen LogP contribution in [0.4, 0.5) is 0 Å². The van der Waals surface area contributed by atoms with E-state index in [1.54, 1.807) is 14.1 Å². The first-order chi connectivity index (χ1) is 11.5. The summed E-state index contributed by atoms with van der Waals surface area (Å²) in [4.78, 5) is 30.6. The van der Waals surface area contributed by atoms with Crippen LogP contribution in [-0.2, 0) is 22.4 Å². The molecule has 5 nitrogen and oxygen atoms in total. The first-order valence-electron chi connectivity index (χ1n) is 8.25. The van der Waals surface area contributed by atoms with Crippen molar-refractivity contribution in [3.05, 3.63) is 41.1 Å². The first-order valence-corrected chi connectivity index (χ1v) is 8.25. The molecule has 0 saturated carbocycles. The summed E-state index contributed by atoms with van der Waals surface area (Å²) in [6.07, 6.45) is 2.77. The average Bonchev–Trinajstić information content (AvgIpc) is 2.57. The molecule has 0 unspecified atom stereocenters. The molecule has 1 heterocycles. The van der Waals surface area contributed by atoms with Crippen LogP contribution in [0.2, 0.25) is 0 Å². The van der Waals surface area contributed by atoms with Gasteiger partial charge in [0, 0.05) is 25.2 Å². The third-order valence-electron chi connectivity index (χ3n) is 4.54. The molecule has 0 spiro atoms. The number of nitrogens with zero attached hydrogens (tertiary/aromatic N) is 2. The second-order valence-corrected chi connectivity index (χ2v) is 6.64. The van der Waals surface area contributed by atoms with Crippen molar-refractivity contribution >= 4 is 22.8 Å². The number of aryl methyl sites for hydroxylation is 1. The molecular weight excluding hydrogens is 304 g/mol. The maximum absolute atomic E-state index is 12.7. The number of carbonyl (C=O) groups excluding carboxylic acids is 2. The highest BCUT2D eigenvalue weighted by Crippen LogP contribution is 2.31. The maximum Gasteiger partial charge on any atom is 0.339 e. The topological polar surface area (TPSA) is 59.5 Å². The van der Waals surface area contributed by atoms with Crippen molar-refractivity contribution in [3.8, 4) is 0 Å². The van der Waals surface area contributed by atoms with Crippen LogP contribution in [0.3, 0.4) is 0 Å². The number of ether oxygens (including phenoxy) is 1. The summed E-state index contributed by atoms with van der Waals surface area (Å²) < 4.78 is 5.30. The number of rotatable bonds is 3. The molecule has 5 heteroatoms. The zero-order valence-corrected chi connectivity index (χ0v) is 14.3. The minimum atomic E-state index is -0.436. The van der Waals surface area contributed by atoms with Crippen LogP contribution in [0.15, 0.2) is 24.3 Å². The van der Waals surface area contributed by atoms with E-state index in [2.05, 4.69) is 6.92 Å². The second kappa shape index (κ2) is 6.59. The lowest BCUT2D eigenvalue weighted by atomic mass is 9.84. The summed E-state index contributed by atoms with van der Waals surface area (Å²) in [6, 6.07) is 7.62. The largest absolute Gasteiger partial charge is 0.452 e. The minimum absolute atomic E-state index is 0.232. The summed E-state index contributed by atoms with van der Waals surface area (Å²) >= 11 is 0. The number of para-hydroxylation sites is 1. The molecule has 0 aliphatic heterocycles. The van der Waals surface area contributed by atoms with Gasteiger partial charge in [-0.3, -0.25) is 9.78 Å². The Morgan fingerprint density at radius 2 is 2.04 bits per heavy atom. The van der Waals surface area contributed by atoms with Gasteiger partial charge >= 0.3 is 5.97 Å².